The first-order valence-corrected chi connectivity index (χ1v) is 6.75. The molecule has 0 aliphatic carbocycles. The van der Waals surface area contributed by atoms with Crippen LogP contribution in [0.3, 0.4) is 0 Å². The summed E-state index contributed by atoms with van der Waals surface area (Å²) in [6.45, 7) is 2.94. The molecular weight excluding hydrogens is 380 g/mol. The van der Waals surface area contributed by atoms with E-state index in [4.69, 9.17) is 9.47 Å². The molecule has 20 heavy (non-hydrogen) atoms. The van der Waals surface area contributed by atoms with Crippen molar-refractivity contribution < 1.29 is 23.5 Å². The van der Waals surface area contributed by atoms with Gasteiger partial charge in [0.25, 0.3) is 5.79 Å². The van der Waals surface area contributed by atoms with Crippen molar-refractivity contribution in [1.29, 1.82) is 0 Å². The Bertz CT molecular complexity index is 590. The number of hydrogen-bond donors (Lipinski definition) is 1. The van der Waals surface area contributed by atoms with E-state index in [0.29, 0.717) is 9.26 Å². The minimum Gasteiger partial charge on any atom is -0.419 e. The topological polar surface area (TPSA) is 64.6 Å². The Morgan fingerprint density at radius 3 is 2.40 bits per heavy atom. The summed E-state index contributed by atoms with van der Waals surface area (Å²) in [5.74, 6) is -3.15. The lowest BCUT2D eigenvalue weighted by Crippen LogP contribution is -2.42. The lowest BCUT2D eigenvalue weighted by molar-refractivity contribution is -0.222. The van der Waals surface area contributed by atoms with Crippen LogP contribution in [0.5, 0.6) is 0 Å². The molecule has 1 N–H and O–H groups in total. The van der Waals surface area contributed by atoms with Crippen LogP contribution in [0.25, 0.3) is 0 Å². The summed E-state index contributed by atoms with van der Waals surface area (Å²) in [5, 5.41) is 2.74. The highest BCUT2D eigenvalue weighted by atomic mass is 127. The van der Waals surface area contributed by atoms with Gasteiger partial charge in [0.2, 0.25) is 0 Å². The summed E-state index contributed by atoms with van der Waals surface area (Å²) >= 11 is 1.84. The highest BCUT2D eigenvalue weighted by molar-refractivity contribution is 14.1. The van der Waals surface area contributed by atoms with Crippen molar-refractivity contribution in [2.75, 3.05) is 5.32 Å². The van der Waals surface area contributed by atoms with E-state index >= 15 is 0 Å². The Balaban J connectivity index is 2.17. The zero-order chi connectivity index (χ0) is 14.9. The molecule has 0 radical (unpaired) electrons. The van der Waals surface area contributed by atoms with E-state index in [-0.39, 0.29) is 11.4 Å². The molecule has 0 unspecified atom stereocenters. The Morgan fingerprint density at radius 1 is 1.25 bits per heavy atom. The van der Waals surface area contributed by atoms with Gasteiger partial charge in [-0.05, 0) is 40.8 Å². The highest BCUT2D eigenvalue weighted by Gasteiger charge is 2.38. The van der Waals surface area contributed by atoms with Gasteiger partial charge in [-0.25, -0.2) is 14.0 Å². The Hall–Kier alpha value is -1.64. The van der Waals surface area contributed by atoms with Crippen molar-refractivity contribution in [3.05, 3.63) is 39.4 Å². The largest absolute Gasteiger partial charge is 0.419 e. The summed E-state index contributed by atoms with van der Waals surface area (Å²) in [6.07, 6.45) is 1.18. The molecule has 7 heteroatoms. The minimum atomic E-state index is -1.27. The van der Waals surface area contributed by atoms with Crippen molar-refractivity contribution in [2.45, 2.75) is 19.6 Å². The maximum Gasteiger partial charge on any atom is 0.350 e. The van der Waals surface area contributed by atoms with Gasteiger partial charge in [0.1, 0.15) is 5.82 Å². The second-order valence-electron chi connectivity index (χ2n) is 4.51. The van der Waals surface area contributed by atoms with E-state index in [1.165, 1.54) is 38.2 Å². The zero-order valence-corrected chi connectivity index (χ0v) is 12.9. The molecule has 0 aromatic heterocycles. The Morgan fingerprint density at radius 2 is 1.85 bits per heavy atom. The smallest absolute Gasteiger partial charge is 0.350 e. The molecule has 1 aliphatic heterocycles. The first-order valence-electron chi connectivity index (χ1n) is 5.67. The predicted octanol–water partition coefficient (Wildman–Crippen LogP) is 2.56. The van der Waals surface area contributed by atoms with E-state index in [1.807, 2.05) is 22.6 Å². The Labute approximate surface area is 128 Å². The molecule has 2 rings (SSSR count). The number of cyclic esters (lactones) is 2. The summed E-state index contributed by atoms with van der Waals surface area (Å²) < 4.78 is 23.4. The van der Waals surface area contributed by atoms with Gasteiger partial charge >= 0.3 is 11.9 Å². The third-order valence-corrected chi connectivity index (χ3v) is 3.25. The van der Waals surface area contributed by atoms with Gasteiger partial charge in [-0.1, -0.05) is 0 Å². The van der Waals surface area contributed by atoms with Crippen LogP contribution < -0.4 is 5.32 Å². The number of nitrogens with one attached hydrogen (secondary N) is 1. The molecule has 1 fully saturated rings. The van der Waals surface area contributed by atoms with Crippen LogP contribution in [0.1, 0.15) is 13.8 Å². The fourth-order valence-corrected chi connectivity index (χ4v) is 2.04. The summed E-state index contributed by atoms with van der Waals surface area (Å²) in [4.78, 5) is 23.3. The van der Waals surface area contributed by atoms with Crippen LogP contribution in [0.15, 0.2) is 30.0 Å². The van der Waals surface area contributed by atoms with Crippen LogP contribution >= 0.6 is 22.6 Å². The SMILES string of the molecule is CC1(C)OC(=O)C(=CNc2ccc(F)c(I)c2)C(=O)O1. The maximum absolute atomic E-state index is 13.1. The van der Waals surface area contributed by atoms with Gasteiger partial charge in [-0.3, -0.25) is 0 Å². The number of carbonyl (C=O) groups is 2. The second-order valence-corrected chi connectivity index (χ2v) is 5.67. The highest BCUT2D eigenvalue weighted by Crippen LogP contribution is 2.23. The normalized spacial score (nSPS) is 17.3. The molecule has 0 atom stereocenters. The van der Waals surface area contributed by atoms with Crippen LogP contribution in [0.2, 0.25) is 0 Å². The van der Waals surface area contributed by atoms with Gasteiger partial charge in [-0.15, -0.1) is 0 Å². The molecule has 5 nitrogen and oxygen atoms in total. The number of esters is 2. The van der Waals surface area contributed by atoms with E-state index in [1.54, 1.807) is 0 Å². The monoisotopic (exact) mass is 391 g/mol. The minimum absolute atomic E-state index is 0.247. The van der Waals surface area contributed by atoms with Gasteiger partial charge in [-0.2, -0.15) is 0 Å². The molecule has 1 aliphatic rings. The predicted molar refractivity (Wildman–Crippen MR) is 77.1 cm³/mol. The first kappa shape index (κ1) is 14.8. The van der Waals surface area contributed by atoms with Gasteiger partial charge in [0.15, 0.2) is 5.57 Å². The average molecular weight is 391 g/mol. The fraction of sp³-hybridized carbons (Fsp3) is 0.231. The van der Waals surface area contributed by atoms with Gasteiger partial charge in [0, 0.05) is 25.7 Å². The molecular formula is C13H11FINO4. The van der Waals surface area contributed by atoms with E-state index < -0.39 is 17.7 Å². The van der Waals surface area contributed by atoms with Crippen molar-refractivity contribution in [1.82, 2.24) is 0 Å². The second kappa shape index (κ2) is 5.39. The van der Waals surface area contributed by atoms with Crippen molar-refractivity contribution in [2.24, 2.45) is 0 Å². The van der Waals surface area contributed by atoms with Gasteiger partial charge < -0.3 is 14.8 Å². The number of carbonyl (C=O) groups excluding carboxylic acids is 2. The summed E-state index contributed by atoms with van der Waals surface area (Å²) in [6, 6.07) is 4.30. The lowest BCUT2D eigenvalue weighted by Gasteiger charge is -2.29. The molecule has 1 aromatic carbocycles. The number of ether oxygens (including phenoxy) is 2. The number of anilines is 1. The molecule has 0 spiro atoms. The number of hydrogen-bond acceptors (Lipinski definition) is 5. The van der Waals surface area contributed by atoms with Crippen LogP contribution in [0.4, 0.5) is 10.1 Å². The van der Waals surface area contributed by atoms with Crippen molar-refractivity contribution >= 4 is 40.2 Å². The zero-order valence-electron chi connectivity index (χ0n) is 10.7. The lowest BCUT2D eigenvalue weighted by atomic mass is 10.2. The third kappa shape index (κ3) is 3.27. The summed E-state index contributed by atoms with van der Waals surface area (Å²) in [7, 11) is 0. The number of rotatable bonds is 2. The Kier molecular flexibility index (Phi) is 3.98. The summed E-state index contributed by atoms with van der Waals surface area (Å²) in [5.41, 5.74) is 0.289. The molecule has 0 saturated carbocycles. The molecule has 0 bridgehead atoms. The standard InChI is InChI=1S/C13H11FINO4/c1-13(2)19-11(17)8(12(18)20-13)6-16-7-3-4-9(14)10(15)5-7/h3-6,16H,1-2H3. The van der Waals surface area contributed by atoms with Crippen LogP contribution in [0, 0.1) is 9.39 Å². The molecule has 1 saturated heterocycles. The van der Waals surface area contributed by atoms with Crippen LogP contribution in [-0.2, 0) is 19.1 Å². The molecule has 1 heterocycles. The number of benzene rings is 1. The number of halogens is 2. The first-order chi connectivity index (χ1) is 9.28. The average Bonchev–Trinajstić information content (AvgIpc) is 2.31. The fourth-order valence-electron chi connectivity index (χ4n) is 1.52. The molecule has 106 valence electrons. The quantitative estimate of drug-likeness (QED) is 0.364. The third-order valence-electron chi connectivity index (χ3n) is 2.42. The molecule has 1 aromatic rings. The van der Waals surface area contributed by atoms with Crippen molar-refractivity contribution in [3.63, 3.8) is 0 Å². The van der Waals surface area contributed by atoms with Gasteiger partial charge in [0.05, 0.1) is 3.57 Å². The van der Waals surface area contributed by atoms with E-state index in [2.05, 4.69) is 5.32 Å². The van der Waals surface area contributed by atoms with E-state index in [0.717, 1.165) is 0 Å². The van der Waals surface area contributed by atoms with Crippen LogP contribution in [-0.4, -0.2) is 17.7 Å². The maximum atomic E-state index is 13.1. The van der Waals surface area contributed by atoms with E-state index in [9.17, 15) is 14.0 Å². The van der Waals surface area contributed by atoms with Crippen molar-refractivity contribution in [3.8, 4) is 0 Å². The molecule has 0 amide bonds.